The van der Waals surface area contributed by atoms with Crippen LogP contribution in [0.1, 0.15) is 5.56 Å². The van der Waals surface area contributed by atoms with Crippen LogP contribution < -0.4 is 17.0 Å². The molecule has 0 radical (unpaired) electrons. The molecule has 0 unspecified atom stereocenters. The first kappa shape index (κ1) is 9.25. The minimum atomic E-state index is 0.407. The first-order chi connectivity index (χ1) is 5.65. The number of benzene rings is 1. The lowest BCUT2D eigenvalue weighted by Gasteiger charge is -2.05. The van der Waals surface area contributed by atoms with E-state index in [4.69, 9.17) is 35.4 Å². The molecule has 0 spiro atoms. The average molecular weight is 202 g/mol. The Labute approximate surface area is 80.7 Å². The quantitative estimate of drug-likeness (QED) is 0.275. The van der Waals surface area contributed by atoms with Crippen molar-refractivity contribution in [2.24, 2.45) is 5.84 Å². The van der Waals surface area contributed by atoms with E-state index in [0.29, 0.717) is 21.3 Å². The summed E-state index contributed by atoms with van der Waals surface area (Å²) in [5.74, 6) is 5.13. The third-order valence-corrected chi connectivity index (χ3v) is 1.96. The number of rotatable bonds is 1. The molecule has 0 aromatic heterocycles. The van der Waals surface area contributed by atoms with Gasteiger partial charge >= 0.3 is 0 Å². The zero-order valence-corrected chi connectivity index (χ0v) is 7.75. The molecule has 64 valence electrons. The summed E-state index contributed by atoms with van der Waals surface area (Å²) in [7, 11) is 0. The van der Waals surface area contributed by atoms with Gasteiger partial charge in [0.25, 0.3) is 0 Å². The fourth-order valence-electron chi connectivity index (χ4n) is 0.818. The van der Waals surface area contributed by atoms with Gasteiger partial charge in [0.15, 0.2) is 0 Å². The van der Waals surface area contributed by atoms with Crippen LogP contribution in [0.2, 0.25) is 5.02 Å². The van der Waals surface area contributed by atoms with Crippen LogP contribution in [-0.2, 0) is 0 Å². The standard InChI is InChI=1S/C7H8ClN3S/c8-4-1-2-5(6(9)3-4)7(12)11-10/h1-3H,9-10H2,(H,11,12). The highest BCUT2D eigenvalue weighted by Gasteiger charge is 2.03. The molecule has 0 amide bonds. The maximum Gasteiger partial charge on any atom is 0.122 e. The van der Waals surface area contributed by atoms with Gasteiger partial charge in [0.2, 0.25) is 0 Å². The molecule has 5 N–H and O–H groups in total. The molecule has 3 nitrogen and oxygen atoms in total. The Hall–Kier alpha value is -0.840. The van der Waals surface area contributed by atoms with Crippen molar-refractivity contribution in [1.29, 1.82) is 0 Å². The smallest absolute Gasteiger partial charge is 0.122 e. The number of hydrogen-bond donors (Lipinski definition) is 3. The lowest BCUT2D eigenvalue weighted by Crippen LogP contribution is -2.29. The van der Waals surface area contributed by atoms with Crippen LogP contribution in [0, 0.1) is 0 Å². The summed E-state index contributed by atoms with van der Waals surface area (Å²) in [6.07, 6.45) is 0. The molecule has 0 aliphatic carbocycles. The number of nitrogens with two attached hydrogens (primary N) is 2. The number of nitrogens with one attached hydrogen (secondary N) is 1. The Morgan fingerprint density at radius 1 is 1.50 bits per heavy atom. The van der Waals surface area contributed by atoms with Crippen LogP contribution >= 0.6 is 23.8 Å². The highest BCUT2D eigenvalue weighted by Crippen LogP contribution is 2.17. The summed E-state index contributed by atoms with van der Waals surface area (Å²) in [5, 5.41) is 0.580. The summed E-state index contributed by atoms with van der Waals surface area (Å²) in [4.78, 5) is 0.407. The fraction of sp³-hybridized carbons (Fsp3) is 0. The lowest BCUT2D eigenvalue weighted by atomic mass is 10.2. The minimum absolute atomic E-state index is 0.407. The van der Waals surface area contributed by atoms with Crippen LogP contribution in [0.15, 0.2) is 18.2 Å². The summed E-state index contributed by atoms with van der Waals surface area (Å²) in [5.41, 5.74) is 9.19. The summed E-state index contributed by atoms with van der Waals surface area (Å²) in [6.45, 7) is 0. The van der Waals surface area contributed by atoms with Crippen molar-refractivity contribution < 1.29 is 0 Å². The second-order valence-electron chi connectivity index (χ2n) is 2.21. The van der Waals surface area contributed by atoms with Crippen molar-refractivity contribution in [3.8, 4) is 0 Å². The molecular formula is C7H8ClN3S. The lowest BCUT2D eigenvalue weighted by molar-refractivity contribution is 1.05. The number of anilines is 1. The minimum Gasteiger partial charge on any atom is -0.398 e. The maximum absolute atomic E-state index is 5.69. The van der Waals surface area contributed by atoms with Crippen molar-refractivity contribution in [2.75, 3.05) is 5.73 Å². The topological polar surface area (TPSA) is 64.1 Å². The largest absolute Gasteiger partial charge is 0.398 e. The predicted molar refractivity (Wildman–Crippen MR) is 54.9 cm³/mol. The van der Waals surface area contributed by atoms with Crippen LogP contribution in [0.25, 0.3) is 0 Å². The van der Waals surface area contributed by atoms with Gasteiger partial charge in [-0.1, -0.05) is 23.8 Å². The van der Waals surface area contributed by atoms with E-state index in [2.05, 4.69) is 5.43 Å². The number of nitrogen functional groups attached to an aromatic ring is 1. The summed E-state index contributed by atoms with van der Waals surface area (Å²) < 4.78 is 0. The zero-order chi connectivity index (χ0) is 9.14. The molecule has 0 heterocycles. The van der Waals surface area contributed by atoms with E-state index in [0.717, 1.165) is 0 Å². The molecule has 12 heavy (non-hydrogen) atoms. The molecule has 0 atom stereocenters. The molecular weight excluding hydrogens is 194 g/mol. The second-order valence-corrected chi connectivity index (χ2v) is 3.05. The third-order valence-electron chi connectivity index (χ3n) is 1.39. The Bertz CT molecular complexity index is 314. The van der Waals surface area contributed by atoms with Gasteiger partial charge in [0, 0.05) is 16.3 Å². The van der Waals surface area contributed by atoms with Crippen molar-refractivity contribution in [3.05, 3.63) is 28.8 Å². The normalized spacial score (nSPS) is 9.50. The van der Waals surface area contributed by atoms with E-state index in [1.165, 1.54) is 0 Å². The average Bonchev–Trinajstić information content (AvgIpc) is 2.03. The summed E-state index contributed by atoms with van der Waals surface area (Å²) >= 11 is 10.6. The number of hydrazine groups is 1. The number of hydrogen-bond acceptors (Lipinski definition) is 3. The molecule has 0 saturated heterocycles. The van der Waals surface area contributed by atoms with E-state index in [1.54, 1.807) is 18.2 Å². The van der Waals surface area contributed by atoms with Crippen molar-refractivity contribution in [2.45, 2.75) is 0 Å². The van der Waals surface area contributed by atoms with E-state index >= 15 is 0 Å². The molecule has 0 bridgehead atoms. The van der Waals surface area contributed by atoms with Gasteiger partial charge in [-0.3, -0.25) is 0 Å². The molecule has 0 aliphatic rings. The highest BCUT2D eigenvalue weighted by molar-refractivity contribution is 7.80. The Morgan fingerprint density at radius 2 is 2.17 bits per heavy atom. The van der Waals surface area contributed by atoms with E-state index in [-0.39, 0.29) is 0 Å². The molecule has 1 aromatic rings. The van der Waals surface area contributed by atoms with E-state index in [1.807, 2.05) is 0 Å². The van der Waals surface area contributed by atoms with Gasteiger partial charge in [-0.15, -0.1) is 0 Å². The van der Waals surface area contributed by atoms with Crippen molar-refractivity contribution in [3.63, 3.8) is 0 Å². The van der Waals surface area contributed by atoms with E-state index in [9.17, 15) is 0 Å². The molecule has 0 aliphatic heterocycles. The Balaban J connectivity index is 3.09. The summed E-state index contributed by atoms with van der Waals surface area (Å²) in [6, 6.07) is 5.05. The third kappa shape index (κ3) is 1.85. The molecule has 1 aromatic carbocycles. The van der Waals surface area contributed by atoms with Gasteiger partial charge in [-0.25, -0.2) is 5.84 Å². The second kappa shape index (κ2) is 3.71. The number of thiocarbonyl (C=S) groups is 1. The molecule has 0 fully saturated rings. The first-order valence-electron chi connectivity index (χ1n) is 3.21. The fourth-order valence-corrected chi connectivity index (χ4v) is 1.18. The Kier molecular flexibility index (Phi) is 2.86. The predicted octanol–water partition coefficient (Wildman–Crippen LogP) is 1.06. The molecule has 0 saturated carbocycles. The maximum atomic E-state index is 5.69. The van der Waals surface area contributed by atoms with Gasteiger partial charge in [-0.05, 0) is 18.2 Å². The number of halogens is 1. The Morgan fingerprint density at radius 3 is 2.67 bits per heavy atom. The van der Waals surface area contributed by atoms with Gasteiger partial charge in [0.1, 0.15) is 4.99 Å². The monoisotopic (exact) mass is 201 g/mol. The van der Waals surface area contributed by atoms with Crippen molar-refractivity contribution in [1.82, 2.24) is 5.43 Å². The van der Waals surface area contributed by atoms with Crippen molar-refractivity contribution >= 4 is 34.5 Å². The van der Waals surface area contributed by atoms with Crippen LogP contribution in [0.3, 0.4) is 0 Å². The van der Waals surface area contributed by atoms with Crippen LogP contribution in [0.5, 0.6) is 0 Å². The first-order valence-corrected chi connectivity index (χ1v) is 3.99. The van der Waals surface area contributed by atoms with Gasteiger partial charge in [-0.2, -0.15) is 0 Å². The zero-order valence-electron chi connectivity index (χ0n) is 6.17. The van der Waals surface area contributed by atoms with Gasteiger partial charge in [0.05, 0.1) is 0 Å². The molecule has 1 rings (SSSR count). The van der Waals surface area contributed by atoms with Gasteiger partial charge < -0.3 is 11.2 Å². The highest BCUT2D eigenvalue weighted by atomic mass is 35.5. The van der Waals surface area contributed by atoms with Crippen LogP contribution in [-0.4, -0.2) is 4.99 Å². The van der Waals surface area contributed by atoms with E-state index < -0.39 is 0 Å². The molecule has 5 heteroatoms. The van der Waals surface area contributed by atoms with Crippen LogP contribution in [0.4, 0.5) is 5.69 Å². The SMILES string of the molecule is NNC(=S)c1ccc(Cl)cc1N.